The van der Waals surface area contributed by atoms with Crippen molar-refractivity contribution in [3.63, 3.8) is 0 Å². The molecule has 0 spiro atoms. The summed E-state index contributed by atoms with van der Waals surface area (Å²) in [7, 11) is 0. The van der Waals surface area contributed by atoms with Crippen LogP contribution < -0.4 is 0 Å². The van der Waals surface area contributed by atoms with E-state index in [1.165, 1.54) is 21.9 Å². The molecule has 0 radical (unpaired) electrons. The zero-order chi connectivity index (χ0) is 27.6. The van der Waals surface area contributed by atoms with E-state index in [0.29, 0.717) is 0 Å². The summed E-state index contributed by atoms with van der Waals surface area (Å²) in [5, 5.41) is 5.77. The molecule has 3 heterocycles. The van der Waals surface area contributed by atoms with E-state index in [-0.39, 0.29) is 0 Å². The van der Waals surface area contributed by atoms with E-state index >= 15 is 0 Å². The standard InChI is InChI=1S/C39H24N2O/c1-2-12-25(13-3-1)31-24-33(40-32-19-7-4-14-26(31)32)29-17-11-23-37-38(29)30-18-10-22-36(39(30)42-37)41-34-20-8-5-15-27(34)28-16-6-9-21-35(28)41/h1-24H. The van der Waals surface area contributed by atoms with Crippen LogP contribution >= 0.6 is 0 Å². The topological polar surface area (TPSA) is 31.0 Å². The molecule has 0 fully saturated rings. The van der Waals surface area contributed by atoms with Gasteiger partial charge in [0.2, 0.25) is 0 Å². The second-order valence-corrected chi connectivity index (χ2v) is 10.7. The third-order valence-electron chi connectivity index (χ3n) is 8.40. The summed E-state index contributed by atoms with van der Waals surface area (Å²) in [6.07, 6.45) is 0. The molecule has 0 saturated heterocycles. The Morgan fingerprint density at radius 3 is 1.93 bits per heavy atom. The van der Waals surface area contributed by atoms with Crippen LogP contribution in [0.4, 0.5) is 0 Å². The summed E-state index contributed by atoms with van der Waals surface area (Å²) < 4.78 is 9.05. The molecule has 0 saturated carbocycles. The van der Waals surface area contributed by atoms with Gasteiger partial charge in [0.25, 0.3) is 0 Å². The van der Waals surface area contributed by atoms with Crippen LogP contribution in [0, 0.1) is 0 Å². The third kappa shape index (κ3) is 3.31. The second-order valence-electron chi connectivity index (χ2n) is 10.7. The lowest BCUT2D eigenvalue weighted by Crippen LogP contribution is -1.94. The van der Waals surface area contributed by atoms with Crippen molar-refractivity contribution in [2.24, 2.45) is 0 Å². The lowest BCUT2D eigenvalue weighted by atomic mass is 9.96. The van der Waals surface area contributed by atoms with Crippen molar-refractivity contribution < 1.29 is 4.42 Å². The Kier molecular flexibility index (Phi) is 4.90. The van der Waals surface area contributed by atoms with Gasteiger partial charge < -0.3 is 8.98 Å². The molecule has 6 aromatic carbocycles. The van der Waals surface area contributed by atoms with E-state index in [1.54, 1.807) is 0 Å². The van der Waals surface area contributed by atoms with Crippen LogP contribution in [0.3, 0.4) is 0 Å². The molecular weight excluding hydrogens is 512 g/mol. The molecule has 3 aromatic heterocycles. The van der Waals surface area contributed by atoms with Crippen LogP contribution in [0.25, 0.3) is 82.7 Å². The molecule has 0 aliphatic rings. The average molecular weight is 537 g/mol. The Hall–Kier alpha value is -5.67. The van der Waals surface area contributed by atoms with Crippen molar-refractivity contribution in [2.45, 2.75) is 0 Å². The van der Waals surface area contributed by atoms with Gasteiger partial charge in [0.05, 0.1) is 27.9 Å². The van der Waals surface area contributed by atoms with Crippen LogP contribution in [0.2, 0.25) is 0 Å². The molecule has 0 N–H and O–H groups in total. The minimum Gasteiger partial charge on any atom is -0.454 e. The molecule has 196 valence electrons. The van der Waals surface area contributed by atoms with E-state index in [1.807, 2.05) is 0 Å². The molecule has 0 bridgehead atoms. The van der Waals surface area contributed by atoms with Gasteiger partial charge in [-0.15, -0.1) is 0 Å². The summed E-state index contributed by atoms with van der Waals surface area (Å²) in [6.45, 7) is 0. The lowest BCUT2D eigenvalue weighted by Gasteiger charge is -2.11. The van der Waals surface area contributed by atoms with Gasteiger partial charge in [-0.2, -0.15) is 0 Å². The highest BCUT2D eigenvalue weighted by Gasteiger charge is 2.20. The first-order valence-electron chi connectivity index (χ1n) is 14.2. The fourth-order valence-electron chi connectivity index (χ4n) is 6.57. The van der Waals surface area contributed by atoms with E-state index in [2.05, 4.69) is 150 Å². The van der Waals surface area contributed by atoms with Gasteiger partial charge in [-0.3, -0.25) is 0 Å². The Labute approximate surface area is 241 Å². The quantitative estimate of drug-likeness (QED) is 0.225. The summed E-state index contributed by atoms with van der Waals surface area (Å²) in [5.41, 5.74) is 10.4. The van der Waals surface area contributed by atoms with E-state index in [4.69, 9.17) is 9.40 Å². The first-order chi connectivity index (χ1) is 20.8. The zero-order valence-electron chi connectivity index (χ0n) is 22.7. The lowest BCUT2D eigenvalue weighted by molar-refractivity contribution is 0.666. The molecule has 42 heavy (non-hydrogen) atoms. The number of aromatic nitrogens is 2. The fraction of sp³-hybridized carbons (Fsp3) is 0. The van der Waals surface area contributed by atoms with E-state index < -0.39 is 0 Å². The highest BCUT2D eigenvalue weighted by atomic mass is 16.3. The van der Waals surface area contributed by atoms with E-state index in [0.717, 1.165) is 60.8 Å². The Morgan fingerprint density at radius 2 is 1.14 bits per heavy atom. The summed E-state index contributed by atoms with van der Waals surface area (Å²) in [5.74, 6) is 0. The molecule has 3 nitrogen and oxygen atoms in total. The Morgan fingerprint density at radius 1 is 0.500 bits per heavy atom. The highest BCUT2D eigenvalue weighted by Crippen LogP contribution is 2.42. The molecule has 9 rings (SSSR count). The fourth-order valence-corrected chi connectivity index (χ4v) is 6.57. The predicted octanol–water partition coefficient (Wildman–Crippen LogP) is 10.6. The maximum atomic E-state index is 6.72. The molecule has 0 unspecified atom stereocenters. The van der Waals surface area contributed by atoms with Crippen LogP contribution in [0.15, 0.2) is 150 Å². The summed E-state index contributed by atoms with van der Waals surface area (Å²) in [6, 6.07) is 51.1. The van der Waals surface area contributed by atoms with Crippen molar-refractivity contribution >= 4 is 54.6 Å². The minimum absolute atomic E-state index is 0.854. The van der Waals surface area contributed by atoms with Crippen molar-refractivity contribution in [3.8, 4) is 28.1 Å². The third-order valence-corrected chi connectivity index (χ3v) is 8.40. The normalized spacial score (nSPS) is 11.8. The van der Waals surface area contributed by atoms with Gasteiger partial charge in [0.15, 0.2) is 5.58 Å². The molecule has 3 heteroatoms. The number of hydrogen-bond donors (Lipinski definition) is 0. The molecule has 0 aliphatic carbocycles. The smallest absolute Gasteiger partial charge is 0.159 e. The van der Waals surface area contributed by atoms with Crippen molar-refractivity contribution in [1.82, 2.24) is 9.55 Å². The van der Waals surface area contributed by atoms with Crippen molar-refractivity contribution in [3.05, 3.63) is 146 Å². The van der Waals surface area contributed by atoms with Crippen LogP contribution in [0.5, 0.6) is 0 Å². The Balaban J connectivity index is 1.35. The second kappa shape index (κ2) is 8.92. The molecular formula is C39H24N2O. The zero-order valence-corrected chi connectivity index (χ0v) is 22.7. The van der Waals surface area contributed by atoms with Gasteiger partial charge in [-0.05, 0) is 47.5 Å². The number of furan rings is 1. The first kappa shape index (κ1) is 23.1. The summed E-state index contributed by atoms with van der Waals surface area (Å²) >= 11 is 0. The van der Waals surface area contributed by atoms with E-state index in [9.17, 15) is 0 Å². The van der Waals surface area contributed by atoms with Gasteiger partial charge in [0, 0.05) is 32.5 Å². The number of para-hydroxylation sites is 4. The van der Waals surface area contributed by atoms with Crippen molar-refractivity contribution in [1.29, 1.82) is 0 Å². The number of pyridine rings is 1. The number of hydrogen-bond acceptors (Lipinski definition) is 2. The first-order valence-corrected chi connectivity index (χ1v) is 14.2. The predicted molar refractivity (Wildman–Crippen MR) is 174 cm³/mol. The van der Waals surface area contributed by atoms with Crippen LogP contribution in [-0.4, -0.2) is 9.55 Å². The number of nitrogens with zero attached hydrogens (tertiary/aromatic N) is 2. The molecule has 9 aromatic rings. The number of rotatable bonds is 3. The number of fused-ring (bicyclic) bond motifs is 7. The monoisotopic (exact) mass is 536 g/mol. The summed E-state index contributed by atoms with van der Waals surface area (Å²) in [4.78, 5) is 5.18. The highest BCUT2D eigenvalue weighted by molar-refractivity contribution is 6.16. The van der Waals surface area contributed by atoms with Gasteiger partial charge in [0.1, 0.15) is 5.58 Å². The molecule has 0 aliphatic heterocycles. The maximum Gasteiger partial charge on any atom is 0.159 e. The van der Waals surface area contributed by atoms with Gasteiger partial charge in [-0.25, -0.2) is 4.98 Å². The Bertz CT molecular complexity index is 2410. The SMILES string of the molecule is c1ccc(-c2cc(-c3cccc4oc5c(-n6c7ccccc7c7ccccc76)cccc5c34)nc3ccccc23)cc1. The van der Waals surface area contributed by atoms with Crippen LogP contribution in [-0.2, 0) is 0 Å². The van der Waals surface area contributed by atoms with Crippen LogP contribution in [0.1, 0.15) is 0 Å². The molecule has 0 atom stereocenters. The van der Waals surface area contributed by atoms with Crippen molar-refractivity contribution in [2.75, 3.05) is 0 Å². The molecule has 0 amide bonds. The maximum absolute atomic E-state index is 6.72. The minimum atomic E-state index is 0.854. The van der Waals surface area contributed by atoms with Gasteiger partial charge in [-0.1, -0.05) is 109 Å². The number of benzene rings is 6. The largest absolute Gasteiger partial charge is 0.454 e. The van der Waals surface area contributed by atoms with Gasteiger partial charge >= 0.3 is 0 Å². The average Bonchev–Trinajstić information content (AvgIpc) is 3.61.